The zero-order valence-corrected chi connectivity index (χ0v) is 19.1. The van der Waals surface area contributed by atoms with E-state index in [1.807, 2.05) is 26.8 Å². The molecule has 3 rings (SSSR count). The van der Waals surface area contributed by atoms with Crippen LogP contribution in [0.3, 0.4) is 0 Å². The molecule has 0 amide bonds. The van der Waals surface area contributed by atoms with Crippen molar-refractivity contribution in [3.8, 4) is 11.5 Å². The number of allylic oxidation sites excluding steroid dienone is 1. The third-order valence-corrected chi connectivity index (χ3v) is 5.51. The monoisotopic (exact) mass is 436 g/mol. The van der Waals surface area contributed by atoms with E-state index in [4.69, 9.17) is 9.47 Å². The van der Waals surface area contributed by atoms with Crippen molar-refractivity contribution < 1.29 is 24.2 Å². The van der Waals surface area contributed by atoms with Gasteiger partial charge in [-0.2, -0.15) is 0 Å². The summed E-state index contributed by atoms with van der Waals surface area (Å²) >= 11 is 0. The number of carbonyl (C=O) groups excluding carboxylic acids is 2. The average molecular weight is 437 g/mol. The highest BCUT2D eigenvalue weighted by Gasteiger charge is 2.21. The Labute approximate surface area is 190 Å². The highest BCUT2D eigenvalue weighted by atomic mass is 16.5. The van der Waals surface area contributed by atoms with Gasteiger partial charge in [0, 0.05) is 18.9 Å². The molecule has 1 aliphatic rings. The van der Waals surface area contributed by atoms with Crippen LogP contribution in [0.2, 0.25) is 0 Å². The molecule has 1 heterocycles. The maximum Gasteiger partial charge on any atom is 0.342 e. The molecule has 1 atom stereocenters. The van der Waals surface area contributed by atoms with E-state index in [1.165, 1.54) is 6.07 Å². The third kappa shape index (κ3) is 6.71. The van der Waals surface area contributed by atoms with Gasteiger partial charge in [-0.25, -0.2) is 4.79 Å². The van der Waals surface area contributed by atoms with Gasteiger partial charge >= 0.3 is 5.97 Å². The van der Waals surface area contributed by atoms with Crippen molar-refractivity contribution in [1.29, 1.82) is 0 Å². The number of aryl methyl sites for hydroxylation is 2. The Kier molecular flexibility index (Phi) is 8.09. The molecule has 0 aromatic heterocycles. The number of esters is 1. The lowest BCUT2D eigenvalue weighted by Crippen LogP contribution is -2.17. The van der Waals surface area contributed by atoms with E-state index in [2.05, 4.69) is 18.2 Å². The standard InChI is InChI=1S/C27H32O5/c1-18-12-19(2)14-21(13-18)17-31-24-15-22-9-5-4-6-10-23(28)11-7-8-20(3)32-27(30)26(22)25(29)16-24/h5,9,12-16,20,29H,4,6-8,10-11,17H2,1-3H3/b9-5+/t20-/m0/s1. The number of aromatic hydroxyl groups is 1. The molecule has 0 saturated heterocycles. The Morgan fingerprint density at radius 2 is 1.75 bits per heavy atom. The molecule has 170 valence electrons. The summed E-state index contributed by atoms with van der Waals surface area (Å²) in [5.74, 6) is -0.0164. The number of benzene rings is 2. The van der Waals surface area contributed by atoms with E-state index in [1.54, 1.807) is 12.1 Å². The molecule has 0 spiro atoms. The topological polar surface area (TPSA) is 72.8 Å². The molecular weight excluding hydrogens is 404 g/mol. The second kappa shape index (κ2) is 11.0. The van der Waals surface area contributed by atoms with Crippen LogP contribution in [0.15, 0.2) is 36.4 Å². The van der Waals surface area contributed by atoms with Gasteiger partial charge in [-0.3, -0.25) is 4.79 Å². The lowest BCUT2D eigenvalue weighted by atomic mass is 10.0. The number of phenols is 1. The van der Waals surface area contributed by atoms with Gasteiger partial charge in [-0.05, 0) is 63.6 Å². The minimum Gasteiger partial charge on any atom is -0.507 e. The van der Waals surface area contributed by atoms with E-state index in [0.717, 1.165) is 23.1 Å². The maximum atomic E-state index is 12.8. The van der Waals surface area contributed by atoms with Gasteiger partial charge < -0.3 is 14.6 Å². The lowest BCUT2D eigenvalue weighted by Gasteiger charge is -2.17. The molecule has 2 aromatic carbocycles. The van der Waals surface area contributed by atoms with Crippen LogP contribution in [0, 0.1) is 13.8 Å². The lowest BCUT2D eigenvalue weighted by molar-refractivity contribution is -0.119. The van der Waals surface area contributed by atoms with Crippen molar-refractivity contribution in [2.45, 2.75) is 72.0 Å². The largest absolute Gasteiger partial charge is 0.507 e. The van der Waals surface area contributed by atoms with Crippen LogP contribution in [-0.2, 0) is 16.1 Å². The van der Waals surface area contributed by atoms with Crippen molar-refractivity contribution in [2.75, 3.05) is 0 Å². The smallest absolute Gasteiger partial charge is 0.342 e. The van der Waals surface area contributed by atoms with Crippen LogP contribution in [-0.4, -0.2) is 23.0 Å². The van der Waals surface area contributed by atoms with Gasteiger partial charge in [0.25, 0.3) is 0 Å². The van der Waals surface area contributed by atoms with Crippen LogP contribution >= 0.6 is 0 Å². The molecule has 1 N–H and O–H groups in total. The summed E-state index contributed by atoms with van der Waals surface area (Å²) in [5, 5.41) is 10.7. The van der Waals surface area contributed by atoms with Crippen molar-refractivity contribution in [1.82, 2.24) is 0 Å². The minimum absolute atomic E-state index is 0.139. The van der Waals surface area contributed by atoms with Crippen molar-refractivity contribution in [3.05, 3.63) is 64.2 Å². The predicted molar refractivity (Wildman–Crippen MR) is 125 cm³/mol. The number of carbonyl (C=O) groups is 2. The fourth-order valence-corrected chi connectivity index (χ4v) is 4.02. The second-order valence-corrected chi connectivity index (χ2v) is 8.63. The van der Waals surface area contributed by atoms with Gasteiger partial charge in [-0.15, -0.1) is 0 Å². The van der Waals surface area contributed by atoms with Gasteiger partial charge in [-0.1, -0.05) is 41.5 Å². The third-order valence-electron chi connectivity index (χ3n) is 5.51. The van der Waals surface area contributed by atoms with E-state index in [-0.39, 0.29) is 23.2 Å². The molecule has 1 aliphatic heterocycles. The average Bonchev–Trinajstić information content (AvgIpc) is 2.70. The quantitative estimate of drug-likeness (QED) is 0.591. The van der Waals surface area contributed by atoms with Crippen LogP contribution in [0.25, 0.3) is 6.08 Å². The first-order valence-corrected chi connectivity index (χ1v) is 11.3. The molecule has 5 heteroatoms. The van der Waals surface area contributed by atoms with E-state index in [0.29, 0.717) is 50.0 Å². The molecule has 0 unspecified atom stereocenters. The van der Waals surface area contributed by atoms with Crippen LogP contribution in [0.1, 0.15) is 78.1 Å². The predicted octanol–water partition coefficient (Wildman–Crippen LogP) is 6.07. The Morgan fingerprint density at radius 1 is 1.03 bits per heavy atom. The number of hydrogen-bond acceptors (Lipinski definition) is 5. The Balaban J connectivity index is 1.86. The highest BCUT2D eigenvalue weighted by molar-refractivity contribution is 5.97. The molecule has 0 radical (unpaired) electrons. The summed E-state index contributed by atoms with van der Waals surface area (Å²) < 4.78 is 11.5. The second-order valence-electron chi connectivity index (χ2n) is 8.63. The summed E-state index contributed by atoms with van der Waals surface area (Å²) in [6, 6.07) is 9.44. The highest BCUT2D eigenvalue weighted by Crippen LogP contribution is 2.31. The van der Waals surface area contributed by atoms with E-state index in [9.17, 15) is 14.7 Å². The summed E-state index contributed by atoms with van der Waals surface area (Å²) in [6.07, 6.45) is 7.21. The number of Topliss-reactive ketones (excluding diaryl/α,β-unsaturated/α-hetero) is 1. The first kappa shape index (κ1) is 23.6. The van der Waals surface area contributed by atoms with Crippen molar-refractivity contribution >= 4 is 17.8 Å². The minimum atomic E-state index is -0.570. The van der Waals surface area contributed by atoms with E-state index >= 15 is 0 Å². The Morgan fingerprint density at radius 3 is 2.50 bits per heavy atom. The fraction of sp³-hybridized carbons (Fsp3) is 0.407. The first-order chi connectivity index (χ1) is 15.3. The van der Waals surface area contributed by atoms with Crippen molar-refractivity contribution in [3.63, 3.8) is 0 Å². The number of ether oxygens (including phenoxy) is 2. The summed E-state index contributed by atoms with van der Waals surface area (Å²) in [7, 11) is 0. The number of fused-ring (bicyclic) bond motifs is 1. The van der Waals surface area contributed by atoms with Gasteiger partial charge in [0.05, 0.1) is 6.10 Å². The van der Waals surface area contributed by atoms with Crippen LogP contribution in [0.5, 0.6) is 11.5 Å². The first-order valence-electron chi connectivity index (χ1n) is 11.3. The number of cyclic esters (lactones) is 1. The number of rotatable bonds is 3. The SMILES string of the molecule is Cc1cc(C)cc(COc2cc(O)c3c(c2)/C=C/CCCC(=O)CCC[C@H](C)OC3=O)c1. The molecule has 32 heavy (non-hydrogen) atoms. The molecule has 2 aromatic rings. The summed E-state index contributed by atoms with van der Waals surface area (Å²) in [4.78, 5) is 24.8. The molecule has 0 bridgehead atoms. The Hall–Kier alpha value is -3.08. The summed E-state index contributed by atoms with van der Waals surface area (Å²) in [5.41, 5.74) is 4.04. The van der Waals surface area contributed by atoms with Crippen LogP contribution in [0.4, 0.5) is 0 Å². The van der Waals surface area contributed by atoms with Gasteiger partial charge in [0.1, 0.15) is 29.5 Å². The number of hydrogen-bond donors (Lipinski definition) is 1. The zero-order valence-electron chi connectivity index (χ0n) is 19.1. The molecule has 0 aliphatic carbocycles. The molecule has 5 nitrogen and oxygen atoms in total. The number of phenolic OH excluding ortho intramolecular Hbond substituents is 1. The van der Waals surface area contributed by atoms with E-state index < -0.39 is 5.97 Å². The number of ketones is 1. The molecule has 0 fully saturated rings. The van der Waals surface area contributed by atoms with Gasteiger partial charge in [0.15, 0.2) is 0 Å². The Bertz CT molecular complexity index is 985. The zero-order chi connectivity index (χ0) is 23.1. The molecular formula is C27H32O5. The van der Waals surface area contributed by atoms with Crippen LogP contribution < -0.4 is 4.74 Å². The van der Waals surface area contributed by atoms with Crippen molar-refractivity contribution in [2.24, 2.45) is 0 Å². The molecule has 0 saturated carbocycles. The fourth-order valence-electron chi connectivity index (χ4n) is 4.02. The normalized spacial score (nSPS) is 18.9. The maximum absolute atomic E-state index is 12.8. The van der Waals surface area contributed by atoms with Gasteiger partial charge in [0.2, 0.25) is 0 Å². The summed E-state index contributed by atoms with van der Waals surface area (Å²) in [6.45, 7) is 6.24.